The molecule has 0 saturated carbocycles. The van der Waals surface area contributed by atoms with E-state index in [1.54, 1.807) is 10.6 Å². The number of carbonyl (C=O) groups is 1. The fraction of sp³-hybridized carbons (Fsp3) is 0.222. The summed E-state index contributed by atoms with van der Waals surface area (Å²) < 4.78 is 4.05. The van der Waals surface area contributed by atoms with Gasteiger partial charge in [-0.05, 0) is 36.3 Å². The first kappa shape index (κ1) is 18.2. The van der Waals surface area contributed by atoms with E-state index < -0.39 is 0 Å². The molecule has 0 fully saturated rings. The molecule has 1 aromatic carbocycles. The number of rotatable bonds is 6. The summed E-state index contributed by atoms with van der Waals surface area (Å²) >= 11 is 6.48. The Morgan fingerprint density at radius 3 is 2.77 bits per heavy atom. The molecule has 0 unspecified atom stereocenters. The van der Waals surface area contributed by atoms with Crippen LogP contribution in [0.3, 0.4) is 0 Å². The summed E-state index contributed by atoms with van der Waals surface area (Å²) in [6.07, 6.45) is 4.02. The van der Waals surface area contributed by atoms with Gasteiger partial charge in [0.05, 0.1) is 0 Å². The zero-order valence-corrected chi connectivity index (χ0v) is 15.9. The summed E-state index contributed by atoms with van der Waals surface area (Å²) in [4.78, 5) is 29.2. The van der Waals surface area contributed by atoms with Gasteiger partial charge in [-0.1, -0.05) is 36.5 Å². The third-order valence-electron chi connectivity index (χ3n) is 3.91. The lowest BCUT2D eigenvalue weighted by Gasteiger charge is -2.08. The Hall–Kier alpha value is -2.58. The smallest absolute Gasteiger partial charge is 0.273 e. The largest absolute Gasteiger partial charge is 0.325 e. The van der Waals surface area contributed by atoms with Gasteiger partial charge >= 0.3 is 0 Å². The highest BCUT2D eigenvalue weighted by atomic mass is 32.1. The molecule has 26 heavy (non-hydrogen) atoms. The number of hydrogen-bond acceptors (Lipinski definition) is 5. The third kappa shape index (κ3) is 3.66. The zero-order chi connectivity index (χ0) is 18.7. The highest BCUT2D eigenvalue weighted by Gasteiger charge is 2.13. The molecule has 1 amide bonds. The molecular formula is C18H18N4O2S2. The van der Waals surface area contributed by atoms with Crippen molar-refractivity contribution in [1.82, 2.24) is 14.1 Å². The number of thiazole rings is 1. The van der Waals surface area contributed by atoms with Gasteiger partial charge in [-0.15, -0.1) is 6.58 Å². The van der Waals surface area contributed by atoms with Crippen molar-refractivity contribution >= 4 is 45.5 Å². The number of anilines is 1. The lowest BCUT2D eigenvalue weighted by molar-refractivity contribution is -0.116. The first-order valence-corrected chi connectivity index (χ1v) is 9.34. The maximum atomic E-state index is 12.6. The van der Waals surface area contributed by atoms with E-state index in [-0.39, 0.29) is 18.0 Å². The van der Waals surface area contributed by atoms with Gasteiger partial charge in [0.15, 0.2) is 9.60 Å². The van der Waals surface area contributed by atoms with Crippen LogP contribution in [0, 0.1) is 3.95 Å². The molecule has 0 atom stereocenters. The zero-order valence-electron chi connectivity index (χ0n) is 14.3. The molecule has 6 nitrogen and oxygen atoms in total. The average Bonchev–Trinajstić information content (AvgIpc) is 2.95. The molecule has 8 heteroatoms. The second kappa shape index (κ2) is 7.76. The van der Waals surface area contributed by atoms with Crippen molar-refractivity contribution < 1.29 is 4.79 Å². The number of nitrogens with one attached hydrogen (secondary N) is 1. The Labute approximate surface area is 159 Å². The summed E-state index contributed by atoms with van der Waals surface area (Å²) in [7, 11) is 0. The molecule has 0 saturated heterocycles. The molecular weight excluding hydrogens is 368 g/mol. The standard InChI is InChI=1S/C18H18N4O2S2/c1-3-9-22-16-15(26-18(22)25)17(24)21(11-19-16)10-14(23)20-13-7-5-12(4-2)6-8-13/h3,5-8,11H,1,4,9-10H2,2H3,(H,20,23). The van der Waals surface area contributed by atoms with E-state index in [9.17, 15) is 9.59 Å². The lowest BCUT2D eigenvalue weighted by Crippen LogP contribution is -2.27. The van der Waals surface area contributed by atoms with Crippen LogP contribution in [0.4, 0.5) is 5.69 Å². The van der Waals surface area contributed by atoms with E-state index in [4.69, 9.17) is 12.2 Å². The number of hydrogen-bond donors (Lipinski definition) is 1. The van der Waals surface area contributed by atoms with Crippen LogP contribution in [-0.2, 0) is 24.3 Å². The van der Waals surface area contributed by atoms with E-state index in [1.165, 1.54) is 27.8 Å². The molecule has 1 N–H and O–H groups in total. The van der Waals surface area contributed by atoms with E-state index in [0.717, 1.165) is 6.42 Å². The number of aryl methyl sites for hydroxylation is 1. The molecule has 0 bridgehead atoms. The van der Waals surface area contributed by atoms with E-state index in [0.29, 0.717) is 26.5 Å². The van der Waals surface area contributed by atoms with Gasteiger partial charge < -0.3 is 9.88 Å². The van der Waals surface area contributed by atoms with E-state index >= 15 is 0 Å². The SMILES string of the molecule is C=CCn1c(=S)sc2c(=O)n(CC(=O)Nc3ccc(CC)cc3)cnc21. The summed E-state index contributed by atoms with van der Waals surface area (Å²) in [5.41, 5.74) is 2.14. The van der Waals surface area contributed by atoms with Gasteiger partial charge in [-0.2, -0.15) is 0 Å². The van der Waals surface area contributed by atoms with Crippen molar-refractivity contribution in [3.05, 3.63) is 63.1 Å². The molecule has 0 aliphatic rings. The van der Waals surface area contributed by atoms with Gasteiger partial charge in [-0.3, -0.25) is 14.2 Å². The Morgan fingerprint density at radius 1 is 1.38 bits per heavy atom. The molecule has 0 aliphatic carbocycles. The van der Waals surface area contributed by atoms with Gasteiger partial charge in [0.1, 0.15) is 17.6 Å². The lowest BCUT2D eigenvalue weighted by atomic mass is 10.1. The quantitative estimate of drug-likeness (QED) is 0.521. The fourth-order valence-electron chi connectivity index (χ4n) is 2.55. The van der Waals surface area contributed by atoms with Crippen LogP contribution >= 0.6 is 23.6 Å². The number of allylic oxidation sites excluding steroid dienone is 1. The number of carbonyl (C=O) groups excluding carboxylic acids is 1. The second-order valence-electron chi connectivity index (χ2n) is 5.70. The van der Waals surface area contributed by atoms with Gasteiger partial charge in [0.2, 0.25) is 5.91 Å². The molecule has 3 rings (SSSR count). The summed E-state index contributed by atoms with van der Waals surface area (Å²) in [5, 5.41) is 2.79. The number of aromatic nitrogens is 3. The number of fused-ring (bicyclic) bond motifs is 1. The summed E-state index contributed by atoms with van der Waals surface area (Å²) in [5.74, 6) is -0.286. The van der Waals surface area contributed by atoms with Crippen molar-refractivity contribution in [2.45, 2.75) is 26.4 Å². The molecule has 0 aliphatic heterocycles. The van der Waals surface area contributed by atoms with Crippen molar-refractivity contribution in [2.75, 3.05) is 5.32 Å². The molecule has 0 spiro atoms. The molecule has 2 heterocycles. The second-order valence-corrected chi connectivity index (χ2v) is 7.34. The Morgan fingerprint density at radius 2 is 2.12 bits per heavy atom. The van der Waals surface area contributed by atoms with E-state index in [2.05, 4.69) is 23.8 Å². The van der Waals surface area contributed by atoms with Crippen LogP contribution in [0.1, 0.15) is 12.5 Å². The average molecular weight is 387 g/mol. The van der Waals surface area contributed by atoms with Gasteiger partial charge in [0, 0.05) is 12.2 Å². The fourth-order valence-corrected chi connectivity index (χ4v) is 3.87. The summed E-state index contributed by atoms with van der Waals surface area (Å²) in [6.45, 7) is 6.14. The molecule has 134 valence electrons. The number of benzene rings is 1. The van der Waals surface area contributed by atoms with Crippen LogP contribution in [0.2, 0.25) is 0 Å². The minimum Gasteiger partial charge on any atom is -0.325 e. The molecule has 0 radical (unpaired) electrons. The minimum atomic E-state index is -0.286. The van der Waals surface area contributed by atoms with Crippen LogP contribution in [0.25, 0.3) is 10.3 Å². The monoisotopic (exact) mass is 386 g/mol. The predicted octanol–water partition coefficient (Wildman–Crippen LogP) is 3.38. The normalized spacial score (nSPS) is 10.8. The third-order valence-corrected chi connectivity index (χ3v) is 5.34. The maximum Gasteiger partial charge on any atom is 0.273 e. The minimum absolute atomic E-state index is 0.108. The highest BCUT2D eigenvalue weighted by Crippen LogP contribution is 2.17. The Balaban J connectivity index is 1.83. The van der Waals surface area contributed by atoms with Crippen molar-refractivity contribution in [3.8, 4) is 0 Å². The van der Waals surface area contributed by atoms with Gasteiger partial charge in [-0.25, -0.2) is 4.98 Å². The van der Waals surface area contributed by atoms with Crippen LogP contribution in [-0.4, -0.2) is 20.0 Å². The van der Waals surface area contributed by atoms with E-state index in [1.807, 2.05) is 24.3 Å². The first-order valence-electron chi connectivity index (χ1n) is 8.12. The number of amides is 1. The van der Waals surface area contributed by atoms with Gasteiger partial charge in [0.25, 0.3) is 5.56 Å². The van der Waals surface area contributed by atoms with Crippen molar-refractivity contribution in [2.24, 2.45) is 0 Å². The Kier molecular flexibility index (Phi) is 5.43. The topological polar surface area (TPSA) is 68.9 Å². The first-order chi connectivity index (χ1) is 12.5. The van der Waals surface area contributed by atoms with Crippen LogP contribution in [0.5, 0.6) is 0 Å². The Bertz CT molecular complexity index is 1080. The highest BCUT2D eigenvalue weighted by molar-refractivity contribution is 7.73. The van der Waals surface area contributed by atoms with Crippen molar-refractivity contribution in [1.29, 1.82) is 0 Å². The summed E-state index contributed by atoms with van der Waals surface area (Å²) in [6, 6.07) is 7.62. The maximum absolute atomic E-state index is 12.6. The molecule has 3 aromatic rings. The predicted molar refractivity (Wildman–Crippen MR) is 107 cm³/mol. The van der Waals surface area contributed by atoms with Crippen LogP contribution in [0.15, 0.2) is 48.0 Å². The molecule has 2 aromatic heterocycles. The van der Waals surface area contributed by atoms with Crippen molar-refractivity contribution in [3.63, 3.8) is 0 Å². The van der Waals surface area contributed by atoms with Crippen LogP contribution < -0.4 is 10.9 Å². The number of nitrogens with zero attached hydrogens (tertiary/aromatic N) is 3.